The van der Waals surface area contributed by atoms with Crippen molar-refractivity contribution in [2.45, 2.75) is 0 Å². The van der Waals surface area contributed by atoms with Gasteiger partial charge < -0.3 is 5.11 Å². The molecule has 0 aliphatic carbocycles. The van der Waals surface area contributed by atoms with Gasteiger partial charge in [0, 0.05) is 41.1 Å². The van der Waals surface area contributed by atoms with Gasteiger partial charge in [0.2, 0.25) is 0 Å². The van der Waals surface area contributed by atoms with E-state index < -0.39 is 6.09 Å². The molecule has 0 saturated heterocycles. The largest absolute Gasteiger partial charge is 0.465 e. The molecular formula is C24H17ClN4O2. The van der Waals surface area contributed by atoms with Crippen LogP contribution >= 0.6 is 11.6 Å². The third-order valence-corrected chi connectivity index (χ3v) is 5.56. The van der Waals surface area contributed by atoms with Gasteiger partial charge in [-0.05, 0) is 53.2 Å². The minimum atomic E-state index is -1.02. The molecule has 1 amide bonds. The number of rotatable bonds is 3. The summed E-state index contributed by atoms with van der Waals surface area (Å²) in [5.41, 5.74) is 3.98. The van der Waals surface area contributed by atoms with E-state index in [4.69, 9.17) is 16.7 Å². The minimum absolute atomic E-state index is 0.569. The zero-order chi connectivity index (χ0) is 21.5. The quantitative estimate of drug-likeness (QED) is 0.382. The highest BCUT2D eigenvalue weighted by Crippen LogP contribution is 2.37. The summed E-state index contributed by atoms with van der Waals surface area (Å²) < 4.78 is 1.88. The van der Waals surface area contributed by atoms with E-state index in [1.54, 1.807) is 18.5 Å². The molecule has 7 heteroatoms. The first kappa shape index (κ1) is 19.1. The number of nitrogens with zero attached hydrogens (tertiary/aromatic N) is 4. The van der Waals surface area contributed by atoms with Crippen molar-refractivity contribution in [2.75, 3.05) is 11.9 Å². The Morgan fingerprint density at radius 2 is 1.84 bits per heavy atom. The maximum atomic E-state index is 11.4. The molecule has 0 unspecified atom stereocenters. The molecule has 0 saturated carbocycles. The first-order valence-corrected chi connectivity index (χ1v) is 9.99. The second-order valence-corrected chi connectivity index (χ2v) is 7.62. The smallest absolute Gasteiger partial charge is 0.411 e. The van der Waals surface area contributed by atoms with Gasteiger partial charge >= 0.3 is 6.09 Å². The van der Waals surface area contributed by atoms with Gasteiger partial charge in [0.25, 0.3) is 0 Å². The summed E-state index contributed by atoms with van der Waals surface area (Å²) in [4.78, 5) is 16.7. The van der Waals surface area contributed by atoms with Crippen LogP contribution in [0.15, 0.2) is 79.1 Å². The summed E-state index contributed by atoms with van der Waals surface area (Å²) in [5.74, 6) is 0. The second-order valence-electron chi connectivity index (χ2n) is 7.18. The van der Waals surface area contributed by atoms with E-state index in [1.807, 2.05) is 65.3 Å². The fourth-order valence-electron chi connectivity index (χ4n) is 3.77. The monoisotopic (exact) mass is 428 g/mol. The molecule has 0 bridgehead atoms. The lowest BCUT2D eigenvalue weighted by atomic mass is 10.0. The van der Waals surface area contributed by atoms with Crippen LogP contribution in [0.1, 0.15) is 0 Å². The summed E-state index contributed by atoms with van der Waals surface area (Å²) in [6, 6.07) is 21.0. The van der Waals surface area contributed by atoms with E-state index in [0.717, 1.165) is 38.6 Å². The van der Waals surface area contributed by atoms with E-state index in [-0.39, 0.29) is 0 Å². The third kappa shape index (κ3) is 3.27. The summed E-state index contributed by atoms with van der Waals surface area (Å²) >= 11 is 6.22. The summed E-state index contributed by atoms with van der Waals surface area (Å²) in [7, 11) is 1.52. The van der Waals surface area contributed by atoms with Crippen LogP contribution in [0, 0.1) is 0 Å². The molecule has 0 aliphatic rings. The standard InChI is InChI=1S/C24H17ClN4O2/c1-28(24(30)31)19-4-2-3-16(14-19)23-22-20-7-6-17(25)13-15(20)5-8-21(22)29(27-23)18-9-11-26-12-10-18/h2-14H,1H3,(H,30,31). The van der Waals surface area contributed by atoms with Gasteiger partial charge in [-0.15, -0.1) is 0 Å². The van der Waals surface area contributed by atoms with E-state index in [1.165, 1.54) is 11.9 Å². The topological polar surface area (TPSA) is 71.2 Å². The Kier molecular flexibility index (Phi) is 4.56. The van der Waals surface area contributed by atoms with E-state index in [0.29, 0.717) is 10.7 Å². The molecule has 2 heterocycles. The normalized spacial score (nSPS) is 11.2. The van der Waals surface area contributed by atoms with Crippen molar-refractivity contribution in [1.82, 2.24) is 14.8 Å². The predicted molar refractivity (Wildman–Crippen MR) is 123 cm³/mol. The number of hydrogen-bond acceptors (Lipinski definition) is 3. The number of amides is 1. The Morgan fingerprint density at radius 1 is 1.03 bits per heavy atom. The van der Waals surface area contributed by atoms with E-state index in [2.05, 4.69) is 4.98 Å². The summed E-state index contributed by atoms with van der Waals surface area (Å²) in [5, 5.41) is 18.0. The van der Waals surface area contributed by atoms with Crippen LogP contribution in [0.2, 0.25) is 5.02 Å². The number of pyridine rings is 1. The van der Waals surface area contributed by atoms with Gasteiger partial charge in [0.05, 0.1) is 11.2 Å². The molecule has 3 aromatic carbocycles. The number of aromatic nitrogens is 3. The van der Waals surface area contributed by atoms with Crippen LogP contribution in [-0.2, 0) is 0 Å². The van der Waals surface area contributed by atoms with Gasteiger partial charge in [-0.2, -0.15) is 5.10 Å². The zero-order valence-corrected chi connectivity index (χ0v) is 17.3. The highest BCUT2D eigenvalue weighted by Gasteiger charge is 2.18. The lowest BCUT2D eigenvalue weighted by Crippen LogP contribution is -2.23. The number of carbonyl (C=O) groups is 1. The van der Waals surface area contributed by atoms with Crippen LogP contribution in [0.3, 0.4) is 0 Å². The van der Waals surface area contributed by atoms with Crippen molar-refractivity contribution in [3.05, 3.63) is 84.1 Å². The minimum Gasteiger partial charge on any atom is -0.465 e. The number of anilines is 1. The van der Waals surface area contributed by atoms with Crippen LogP contribution in [-0.4, -0.2) is 33.0 Å². The molecule has 2 aromatic heterocycles. The molecule has 31 heavy (non-hydrogen) atoms. The number of hydrogen-bond donors (Lipinski definition) is 1. The van der Waals surface area contributed by atoms with Gasteiger partial charge in [-0.3, -0.25) is 9.88 Å². The van der Waals surface area contributed by atoms with Gasteiger partial charge in [-0.1, -0.05) is 35.9 Å². The molecule has 0 radical (unpaired) electrons. The summed E-state index contributed by atoms with van der Waals surface area (Å²) in [6.07, 6.45) is 2.43. The van der Waals surface area contributed by atoms with Crippen molar-refractivity contribution in [3.63, 3.8) is 0 Å². The molecule has 6 nitrogen and oxygen atoms in total. The first-order chi connectivity index (χ1) is 15.0. The van der Waals surface area contributed by atoms with Crippen molar-refractivity contribution in [1.29, 1.82) is 0 Å². The molecular weight excluding hydrogens is 412 g/mol. The second kappa shape index (κ2) is 7.41. The first-order valence-electron chi connectivity index (χ1n) is 9.61. The Labute approximate surface area is 182 Å². The number of carboxylic acid groups (broad SMARTS) is 1. The predicted octanol–water partition coefficient (Wildman–Crippen LogP) is 6.01. The fourth-order valence-corrected chi connectivity index (χ4v) is 3.96. The number of fused-ring (bicyclic) bond motifs is 3. The molecule has 152 valence electrons. The maximum absolute atomic E-state index is 11.4. The van der Waals surface area contributed by atoms with Crippen LogP contribution in [0.25, 0.3) is 38.6 Å². The van der Waals surface area contributed by atoms with Gasteiger partial charge in [0.15, 0.2) is 0 Å². The lowest BCUT2D eigenvalue weighted by Gasteiger charge is -2.13. The average molecular weight is 429 g/mol. The molecule has 1 N–H and O–H groups in total. The van der Waals surface area contributed by atoms with E-state index >= 15 is 0 Å². The number of benzene rings is 3. The molecule has 5 rings (SSSR count). The Balaban J connectivity index is 1.84. The molecule has 5 aromatic rings. The Morgan fingerprint density at radius 3 is 2.61 bits per heavy atom. The zero-order valence-electron chi connectivity index (χ0n) is 16.5. The molecule has 0 fully saturated rings. The average Bonchev–Trinajstić information content (AvgIpc) is 3.19. The maximum Gasteiger partial charge on any atom is 0.411 e. The third-order valence-electron chi connectivity index (χ3n) is 5.33. The van der Waals surface area contributed by atoms with Gasteiger partial charge in [0.1, 0.15) is 5.69 Å². The fraction of sp³-hybridized carbons (Fsp3) is 0.0417. The SMILES string of the molecule is CN(C(=O)O)c1cccc(-c2nn(-c3ccncc3)c3ccc4cc(Cl)ccc4c23)c1. The molecule has 0 spiro atoms. The van der Waals surface area contributed by atoms with Crippen LogP contribution < -0.4 is 4.90 Å². The Bertz CT molecular complexity index is 1450. The highest BCUT2D eigenvalue weighted by molar-refractivity contribution is 6.31. The molecule has 0 aliphatic heterocycles. The van der Waals surface area contributed by atoms with E-state index in [9.17, 15) is 9.90 Å². The van der Waals surface area contributed by atoms with Crippen molar-refractivity contribution < 1.29 is 9.90 Å². The van der Waals surface area contributed by atoms with Crippen molar-refractivity contribution in [3.8, 4) is 16.9 Å². The lowest BCUT2D eigenvalue weighted by molar-refractivity contribution is 0.203. The molecule has 0 atom stereocenters. The van der Waals surface area contributed by atoms with Gasteiger partial charge in [-0.25, -0.2) is 9.48 Å². The van der Waals surface area contributed by atoms with Crippen LogP contribution in [0.4, 0.5) is 10.5 Å². The summed E-state index contributed by atoms with van der Waals surface area (Å²) in [6.45, 7) is 0. The Hall–Kier alpha value is -3.90. The van der Waals surface area contributed by atoms with Crippen LogP contribution in [0.5, 0.6) is 0 Å². The van der Waals surface area contributed by atoms with Crippen molar-refractivity contribution >= 4 is 45.1 Å². The highest BCUT2D eigenvalue weighted by atomic mass is 35.5. The van der Waals surface area contributed by atoms with Crippen molar-refractivity contribution in [2.24, 2.45) is 0 Å². The number of halogens is 1.